The van der Waals surface area contributed by atoms with E-state index in [1.54, 1.807) is 24.3 Å². The Balaban J connectivity index is 1.27. The molecule has 4 rings (SSSR count). The van der Waals surface area contributed by atoms with Gasteiger partial charge in [0.25, 0.3) is 5.91 Å². The van der Waals surface area contributed by atoms with Crippen LogP contribution >= 0.6 is 11.6 Å². The quantitative estimate of drug-likeness (QED) is 0.480. The summed E-state index contributed by atoms with van der Waals surface area (Å²) in [5.41, 5.74) is 2.54. The fourth-order valence-corrected chi connectivity index (χ4v) is 5.20. The van der Waals surface area contributed by atoms with Crippen molar-refractivity contribution in [2.75, 3.05) is 44.6 Å². The molecule has 2 N–H and O–H groups in total. The van der Waals surface area contributed by atoms with E-state index in [1.165, 1.54) is 38.8 Å². The number of nitrogens with zero attached hydrogens (tertiary/aromatic N) is 2. The summed E-state index contributed by atoms with van der Waals surface area (Å²) in [6.07, 6.45) is 8.19. The molecule has 2 heterocycles. The fraction of sp³-hybridized carbons (Fsp3) is 0.500. The highest BCUT2D eigenvalue weighted by Gasteiger charge is 2.25. The summed E-state index contributed by atoms with van der Waals surface area (Å²) in [6, 6.07) is 14.9. The van der Waals surface area contributed by atoms with Gasteiger partial charge in [-0.3, -0.25) is 4.79 Å². The Hall–Kier alpha value is -2.57. The summed E-state index contributed by atoms with van der Waals surface area (Å²) in [4.78, 5) is 30.0. The number of amides is 3. The predicted molar refractivity (Wildman–Crippen MR) is 142 cm³/mol. The number of nitrogens with one attached hydrogen (secondary N) is 2. The predicted octanol–water partition coefficient (Wildman–Crippen LogP) is 5.75. The largest absolute Gasteiger partial charge is 0.352 e. The molecule has 0 saturated carbocycles. The zero-order chi connectivity index (χ0) is 24.5. The van der Waals surface area contributed by atoms with Gasteiger partial charge in [-0.1, -0.05) is 36.6 Å². The molecule has 0 radical (unpaired) electrons. The van der Waals surface area contributed by atoms with Crippen LogP contribution in [0.25, 0.3) is 0 Å². The molecule has 188 valence electrons. The van der Waals surface area contributed by atoms with E-state index in [2.05, 4.69) is 21.6 Å². The Morgan fingerprint density at radius 3 is 2.49 bits per heavy atom. The van der Waals surface area contributed by atoms with Crippen LogP contribution < -0.4 is 10.6 Å². The minimum absolute atomic E-state index is 0.0177. The highest BCUT2D eigenvalue weighted by Crippen LogP contribution is 2.28. The van der Waals surface area contributed by atoms with Crippen LogP contribution in [0.4, 0.5) is 10.5 Å². The monoisotopic (exact) mass is 496 g/mol. The van der Waals surface area contributed by atoms with E-state index in [1.807, 2.05) is 23.1 Å². The maximum atomic E-state index is 12.8. The van der Waals surface area contributed by atoms with Crippen molar-refractivity contribution in [2.45, 2.75) is 50.9 Å². The number of hydrogen-bond donors (Lipinski definition) is 2. The van der Waals surface area contributed by atoms with Crippen LogP contribution in [0.15, 0.2) is 48.5 Å². The SMILES string of the molecule is O=C(NCCCN1CCCCCC1)c1cccc([C@H]2CCCN(C(=O)Nc3ccc(Cl)cc3)C2)c1. The number of carbonyl (C=O) groups excluding carboxylic acids is 2. The Bertz CT molecular complexity index is 973. The normalized spacial score (nSPS) is 19.1. The van der Waals surface area contributed by atoms with E-state index < -0.39 is 0 Å². The van der Waals surface area contributed by atoms with Crippen molar-refractivity contribution in [3.8, 4) is 0 Å². The second kappa shape index (κ2) is 12.9. The standard InChI is InChI=1S/C28H37ClN4O2/c29-25-11-13-26(14-12-25)31-28(35)33-19-6-10-24(21-33)22-8-5-9-23(20-22)27(34)30-15-7-18-32-16-3-1-2-4-17-32/h5,8-9,11-14,20,24H,1-4,6-7,10,15-19,21H2,(H,30,34)(H,31,35)/t24-/m0/s1. The molecule has 2 fully saturated rings. The van der Waals surface area contributed by atoms with Crippen LogP contribution in [0.3, 0.4) is 0 Å². The molecular weight excluding hydrogens is 460 g/mol. The van der Waals surface area contributed by atoms with Gasteiger partial charge in [0.15, 0.2) is 0 Å². The van der Waals surface area contributed by atoms with Crippen LogP contribution in [0, 0.1) is 0 Å². The summed E-state index contributed by atoms with van der Waals surface area (Å²) in [5.74, 6) is 0.200. The molecule has 2 aromatic carbocycles. The zero-order valence-corrected chi connectivity index (χ0v) is 21.2. The van der Waals surface area contributed by atoms with E-state index in [9.17, 15) is 9.59 Å². The molecule has 1 atom stereocenters. The molecule has 0 aliphatic carbocycles. The number of anilines is 1. The Morgan fingerprint density at radius 1 is 0.943 bits per heavy atom. The number of likely N-dealkylation sites (tertiary alicyclic amines) is 2. The summed E-state index contributed by atoms with van der Waals surface area (Å²) in [6.45, 7) is 5.49. The molecule has 35 heavy (non-hydrogen) atoms. The lowest BCUT2D eigenvalue weighted by molar-refractivity contribution is 0.0951. The van der Waals surface area contributed by atoms with Gasteiger partial charge in [0, 0.05) is 41.8 Å². The van der Waals surface area contributed by atoms with Crippen LogP contribution in [0.2, 0.25) is 5.02 Å². The molecule has 0 bridgehead atoms. The minimum atomic E-state index is -0.102. The highest BCUT2D eigenvalue weighted by atomic mass is 35.5. The third-order valence-corrected chi connectivity index (χ3v) is 7.31. The highest BCUT2D eigenvalue weighted by molar-refractivity contribution is 6.30. The van der Waals surface area contributed by atoms with Gasteiger partial charge in [-0.25, -0.2) is 4.79 Å². The molecule has 0 spiro atoms. The van der Waals surface area contributed by atoms with Crippen molar-refractivity contribution in [2.24, 2.45) is 0 Å². The molecule has 3 amide bonds. The zero-order valence-electron chi connectivity index (χ0n) is 20.5. The van der Waals surface area contributed by atoms with Crippen molar-refractivity contribution < 1.29 is 9.59 Å². The van der Waals surface area contributed by atoms with Crippen molar-refractivity contribution in [3.63, 3.8) is 0 Å². The van der Waals surface area contributed by atoms with E-state index >= 15 is 0 Å². The Kier molecular flexibility index (Phi) is 9.43. The number of rotatable bonds is 7. The molecule has 6 nitrogen and oxygen atoms in total. The van der Waals surface area contributed by atoms with Gasteiger partial charge in [0.05, 0.1) is 0 Å². The lowest BCUT2D eigenvalue weighted by Crippen LogP contribution is -2.41. The summed E-state index contributed by atoms with van der Waals surface area (Å²) >= 11 is 5.94. The van der Waals surface area contributed by atoms with Crippen LogP contribution in [0.5, 0.6) is 0 Å². The van der Waals surface area contributed by atoms with E-state index in [4.69, 9.17) is 11.6 Å². The smallest absolute Gasteiger partial charge is 0.321 e. The molecule has 2 aliphatic heterocycles. The van der Waals surface area contributed by atoms with Crippen molar-refractivity contribution >= 4 is 29.2 Å². The average Bonchev–Trinajstić information content (AvgIpc) is 3.17. The first-order valence-electron chi connectivity index (χ1n) is 13.0. The van der Waals surface area contributed by atoms with Crippen molar-refractivity contribution in [1.29, 1.82) is 0 Å². The molecule has 2 aliphatic rings. The summed E-state index contributed by atoms with van der Waals surface area (Å²) < 4.78 is 0. The van der Waals surface area contributed by atoms with E-state index in [0.717, 1.165) is 43.6 Å². The van der Waals surface area contributed by atoms with Gasteiger partial charge >= 0.3 is 6.03 Å². The van der Waals surface area contributed by atoms with Crippen LogP contribution in [-0.2, 0) is 0 Å². The first-order chi connectivity index (χ1) is 17.1. The van der Waals surface area contributed by atoms with Crippen molar-refractivity contribution in [3.05, 3.63) is 64.7 Å². The van der Waals surface area contributed by atoms with Gasteiger partial charge in [0.1, 0.15) is 0 Å². The number of hydrogen-bond acceptors (Lipinski definition) is 3. The van der Waals surface area contributed by atoms with E-state index in [0.29, 0.717) is 23.7 Å². The number of halogens is 1. The van der Waals surface area contributed by atoms with Gasteiger partial charge in [0.2, 0.25) is 0 Å². The first-order valence-corrected chi connectivity index (χ1v) is 13.4. The number of benzene rings is 2. The Morgan fingerprint density at radius 2 is 1.71 bits per heavy atom. The molecular formula is C28H37ClN4O2. The second-order valence-corrected chi connectivity index (χ2v) is 10.1. The number of piperidine rings is 1. The lowest BCUT2D eigenvalue weighted by Gasteiger charge is -2.33. The number of urea groups is 1. The van der Waals surface area contributed by atoms with Gasteiger partial charge in [-0.15, -0.1) is 0 Å². The van der Waals surface area contributed by atoms with Gasteiger partial charge < -0.3 is 20.4 Å². The van der Waals surface area contributed by atoms with Crippen LogP contribution in [-0.4, -0.2) is 61.0 Å². The summed E-state index contributed by atoms with van der Waals surface area (Å²) in [7, 11) is 0. The first kappa shape index (κ1) is 25.5. The lowest BCUT2D eigenvalue weighted by atomic mass is 9.89. The number of carbonyl (C=O) groups is 2. The average molecular weight is 497 g/mol. The third kappa shape index (κ3) is 7.71. The molecule has 7 heteroatoms. The molecule has 0 aromatic heterocycles. The second-order valence-electron chi connectivity index (χ2n) is 9.71. The Labute approximate surface area is 214 Å². The summed E-state index contributed by atoms with van der Waals surface area (Å²) in [5, 5.41) is 6.69. The van der Waals surface area contributed by atoms with Gasteiger partial charge in [-0.05, 0) is 93.7 Å². The minimum Gasteiger partial charge on any atom is -0.352 e. The molecule has 2 saturated heterocycles. The fourth-order valence-electron chi connectivity index (χ4n) is 5.07. The topological polar surface area (TPSA) is 64.7 Å². The third-order valence-electron chi connectivity index (χ3n) is 7.06. The van der Waals surface area contributed by atoms with E-state index in [-0.39, 0.29) is 17.9 Å². The van der Waals surface area contributed by atoms with Crippen molar-refractivity contribution in [1.82, 2.24) is 15.1 Å². The molecule has 2 aromatic rings. The molecule has 0 unspecified atom stereocenters. The maximum Gasteiger partial charge on any atom is 0.321 e. The van der Waals surface area contributed by atoms with Crippen LogP contribution in [0.1, 0.15) is 66.8 Å². The maximum absolute atomic E-state index is 12.8. The van der Waals surface area contributed by atoms with Gasteiger partial charge in [-0.2, -0.15) is 0 Å².